The topological polar surface area (TPSA) is 39.1 Å². The van der Waals surface area contributed by atoms with Crippen LogP contribution in [0, 0.1) is 13.8 Å². The number of likely N-dealkylation sites (N-methyl/N-ethyl adjacent to an activating group) is 1. The quantitative estimate of drug-likeness (QED) is 0.702. The molecule has 98 valence electrons. The predicted octanol–water partition coefficient (Wildman–Crippen LogP) is 1.69. The Morgan fingerprint density at radius 1 is 1.35 bits per heavy atom. The fraction of sp³-hybridized carbons (Fsp3) is 0.769. The summed E-state index contributed by atoms with van der Waals surface area (Å²) in [4.78, 5) is 0. The van der Waals surface area contributed by atoms with Crippen molar-refractivity contribution in [3.63, 3.8) is 0 Å². The van der Waals surface area contributed by atoms with Crippen LogP contribution < -0.4 is 5.32 Å². The van der Waals surface area contributed by atoms with E-state index in [1.807, 2.05) is 14.0 Å². The van der Waals surface area contributed by atoms with Gasteiger partial charge in [-0.15, -0.1) is 0 Å². The van der Waals surface area contributed by atoms with Crippen LogP contribution in [0.1, 0.15) is 30.3 Å². The summed E-state index contributed by atoms with van der Waals surface area (Å²) in [5, 5.41) is 7.78. The van der Waals surface area contributed by atoms with Gasteiger partial charge in [0.2, 0.25) is 0 Å². The molecule has 17 heavy (non-hydrogen) atoms. The smallest absolute Gasteiger partial charge is 0.0628 e. The van der Waals surface area contributed by atoms with Gasteiger partial charge in [-0.3, -0.25) is 4.68 Å². The van der Waals surface area contributed by atoms with Crippen molar-refractivity contribution in [1.82, 2.24) is 15.1 Å². The van der Waals surface area contributed by atoms with Crippen LogP contribution >= 0.6 is 0 Å². The number of rotatable bonds is 8. The lowest BCUT2D eigenvalue weighted by atomic mass is 10.1. The van der Waals surface area contributed by atoms with Crippen LogP contribution in [0.4, 0.5) is 0 Å². The third-order valence-electron chi connectivity index (χ3n) is 3.02. The zero-order valence-electron chi connectivity index (χ0n) is 11.5. The van der Waals surface area contributed by atoms with Crippen LogP contribution in [0.2, 0.25) is 0 Å². The predicted molar refractivity (Wildman–Crippen MR) is 70.4 cm³/mol. The molecule has 4 nitrogen and oxygen atoms in total. The van der Waals surface area contributed by atoms with E-state index < -0.39 is 0 Å². The van der Waals surface area contributed by atoms with E-state index in [0.29, 0.717) is 0 Å². The van der Waals surface area contributed by atoms with Crippen LogP contribution in [-0.2, 0) is 17.7 Å². The van der Waals surface area contributed by atoms with Crippen molar-refractivity contribution in [2.75, 3.05) is 26.8 Å². The Balaban J connectivity index is 2.55. The molecule has 0 amide bonds. The van der Waals surface area contributed by atoms with Gasteiger partial charge in [-0.2, -0.15) is 5.10 Å². The molecule has 0 saturated carbocycles. The molecule has 4 heteroatoms. The molecule has 0 atom stereocenters. The fourth-order valence-corrected chi connectivity index (χ4v) is 2.02. The minimum Gasteiger partial charge on any atom is -0.382 e. The van der Waals surface area contributed by atoms with E-state index in [-0.39, 0.29) is 0 Å². The highest BCUT2D eigenvalue weighted by Crippen LogP contribution is 2.13. The van der Waals surface area contributed by atoms with Gasteiger partial charge in [-0.1, -0.05) is 0 Å². The number of aromatic nitrogens is 2. The van der Waals surface area contributed by atoms with E-state index in [2.05, 4.69) is 28.9 Å². The number of aryl methyl sites for hydroxylation is 2. The summed E-state index contributed by atoms with van der Waals surface area (Å²) in [5.74, 6) is 0. The first-order valence-electron chi connectivity index (χ1n) is 6.46. The van der Waals surface area contributed by atoms with Gasteiger partial charge in [0.05, 0.1) is 5.69 Å². The molecule has 0 fully saturated rings. The molecular formula is C13H25N3O. The van der Waals surface area contributed by atoms with Crippen molar-refractivity contribution in [3.05, 3.63) is 17.0 Å². The van der Waals surface area contributed by atoms with E-state index in [0.717, 1.165) is 44.8 Å². The Hall–Kier alpha value is -0.870. The molecule has 0 aliphatic rings. The van der Waals surface area contributed by atoms with Gasteiger partial charge < -0.3 is 10.1 Å². The maximum Gasteiger partial charge on any atom is 0.0628 e. The number of ether oxygens (including phenoxy) is 1. The highest BCUT2D eigenvalue weighted by atomic mass is 16.5. The lowest BCUT2D eigenvalue weighted by Gasteiger charge is -2.05. The molecule has 1 heterocycles. The highest BCUT2D eigenvalue weighted by Gasteiger charge is 2.10. The van der Waals surface area contributed by atoms with E-state index >= 15 is 0 Å². The summed E-state index contributed by atoms with van der Waals surface area (Å²) in [5.41, 5.74) is 3.85. The van der Waals surface area contributed by atoms with Crippen LogP contribution in [0.25, 0.3) is 0 Å². The van der Waals surface area contributed by atoms with Crippen LogP contribution in [0.3, 0.4) is 0 Å². The molecular weight excluding hydrogens is 214 g/mol. The summed E-state index contributed by atoms with van der Waals surface area (Å²) in [6.45, 7) is 9.85. The normalized spacial score (nSPS) is 11.1. The summed E-state index contributed by atoms with van der Waals surface area (Å²) in [7, 11) is 1.98. The number of hydrogen-bond acceptors (Lipinski definition) is 3. The molecule has 1 N–H and O–H groups in total. The Labute approximate surface area is 104 Å². The van der Waals surface area contributed by atoms with Gasteiger partial charge in [0, 0.05) is 25.5 Å². The Morgan fingerprint density at radius 3 is 2.76 bits per heavy atom. The fourth-order valence-electron chi connectivity index (χ4n) is 2.02. The third-order valence-corrected chi connectivity index (χ3v) is 3.02. The van der Waals surface area contributed by atoms with Crippen LogP contribution in [0.5, 0.6) is 0 Å². The minimum absolute atomic E-state index is 0.796. The lowest BCUT2D eigenvalue weighted by Crippen LogP contribution is -2.11. The van der Waals surface area contributed by atoms with E-state index in [1.54, 1.807) is 0 Å². The number of nitrogens with one attached hydrogen (secondary N) is 1. The molecule has 0 aromatic carbocycles. The molecule has 1 aromatic rings. The molecule has 0 saturated heterocycles. The third kappa shape index (κ3) is 4.13. The van der Waals surface area contributed by atoms with Crippen molar-refractivity contribution >= 4 is 0 Å². The van der Waals surface area contributed by atoms with Gasteiger partial charge in [-0.05, 0) is 52.8 Å². The Morgan fingerprint density at radius 2 is 2.12 bits per heavy atom. The average Bonchev–Trinajstić information content (AvgIpc) is 2.58. The first kappa shape index (κ1) is 14.2. The average molecular weight is 239 g/mol. The Bertz CT molecular complexity index is 334. The maximum atomic E-state index is 5.35. The molecule has 1 aromatic heterocycles. The highest BCUT2D eigenvalue weighted by molar-refractivity contribution is 5.24. The van der Waals surface area contributed by atoms with Crippen molar-refractivity contribution in [3.8, 4) is 0 Å². The second kappa shape index (κ2) is 7.45. The minimum atomic E-state index is 0.796. The molecule has 0 aliphatic carbocycles. The first-order valence-corrected chi connectivity index (χ1v) is 6.46. The zero-order valence-corrected chi connectivity index (χ0v) is 11.5. The molecule has 0 spiro atoms. The van der Waals surface area contributed by atoms with Gasteiger partial charge in [0.1, 0.15) is 0 Å². The maximum absolute atomic E-state index is 5.35. The summed E-state index contributed by atoms with van der Waals surface area (Å²) in [6, 6.07) is 0. The second-order valence-electron chi connectivity index (χ2n) is 4.28. The number of nitrogens with zero attached hydrogens (tertiary/aromatic N) is 2. The van der Waals surface area contributed by atoms with Crippen molar-refractivity contribution in [2.24, 2.45) is 0 Å². The summed E-state index contributed by atoms with van der Waals surface area (Å²) < 4.78 is 7.46. The van der Waals surface area contributed by atoms with Crippen LogP contribution in [-0.4, -0.2) is 36.6 Å². The van der Waals surface area contributed by atoms with Crippen LogP contribution in [0.15, 0.2) is 0 Å². The first-order chi connectivity index (χ1) is 8.20. The summed E-state index contributed by atoms with van der Waals surface area (Å²) in [6.07, 6.45) is 2.08. The molecule has 0 radical (unpaired) electrons. The van der Waals surface area contributed by atoms with E-state index in [9.17, 15) is 0 Å². The zero-order chi connectivity index (χ0) is 12.7. The van der Waals surface area contributed by atoms with Crippen molar-refractivity contribution < 1.29 is 4.74 Å². The second-order valence-corrected chi connectivity index (χ2v) is 4.28. The molecule has 0 aliphatic heterocycles. The van der Waals surface area contributed by atoms with Gasteiger partial charge >= 0.3 is 0 Å². The monoisotopic (exact) mass is 239 g/mol. The van der Waals surface area contributed by atoms with E-state index in [4.69, 9.17) is 4.74 Å². The largest absolute Gasteiger partial charge is 0.382 e. The molecule has 0 unspecified atom stereocenters. The standard InChI is InChI=1S/C13H25N3O/c1-5-17-10-6-9-16-12(3)13(7-8-14-4)11(2)15-16/h14H,5-10H2,1-4H3. The molecule has 1 rings (SSSR count). The molecule has 0 bridgehead atoms. The summed E-state index contributed by atoms with van der Waals surface area (Å²) >= 11 is 0. The van der Waals surface area contributed by atoms with Gasteiger partial charge in [0.15, 0.2) is 0 Å². The number of hydrogen-bond donors (Lipinski definition) is 1. The Kier molecular flexibility index (Phi) is 6.22. The van der Waals surface area contributed by atoms with Gasteiger partial charge in [0.25, 0.3) is 0 Å². The van der Waals surface area contributed by atoms with Crippen molar-refractivity contribution in [2.45, 2.75) is 40.2 Å². The lowest BCUT2D eigenvalue weighted by molar-refractivity contribution is 0.140. The van der Waals surface area contributed by atoms with E-state index in [1.165, 1.54) is 11.3 Å². The van der Waals surface area contributed by atoms with Crippen molar-refractivity contribution in [1.29, 1.82) is 0 Å². The SMILES string of the molecule is CCOCCCn1nc(C)c(CCNC)c1C. The van der Waals surface area contributed by atoms with Gasteiger partial charge in [-0.25, -0.2) is 0 Å².